The van der Waals surface area contributed by atoms with Crippen molar-refractivity contribution in [3.8, 4) is 6.07 Å². The van der Waals surface area contributed by atoms with Gasteiger partial charge in [-0.25, -0.2) is 4.39 Å². The molecule has 0 saturated carbocycles. The van der Waals surface area contributed by atoms with Crippen LogP contribution in [0, 0.1) is 28.5 Å². The molecule has 2 amide bonds. The Bertz CT molecular complexity index is 1310. The minimum absolute atomic E-state index is 0.0194. The maximum atomic E-state index is 12.8. The van der Waals surface area contributed by atoms with Crippen LogP contribution in [0.15, 0.2) is 84.9 Å². The van der Waals surface area contributed by atoms with Gasteiger partial charge in [0.2, 0.25) is 12.3 Å². The zero-order valence-electron chi connectivity index (χ0n) is 29.6. The van der Waals surface area contributed by atoms with E-state index in [0.717, 1.165) is 30.6 Å². The molecule has 0 bridgehead atoms. The number of likely N-dealkylation sites (tertiary alicyclic amines) is 1. The number of carbonyl (C=O) groups is 4. The predicted molar refractivity (Wildman–Crippen MR) is 194 cm³/mol. The van der Waals surface area contributed by atoms with Gasteiger partial charge in [0, 0.05) is 24.8 Å². The van der Waals surface area contributed by atoms with Crippen LogP contribution in [0.4, 0.5) is 10.1 Å². The number of rotatable bonds is 8. The number of nitrogens with two attached hydrogens (primary N) is 1. The second-order valence-electron chi connectivity index (χ2n) is 12.6. The highest BCUT2D eigenvalue weighted by Crippen LogP contribution is 2.21. The number of nitriles is 1. The molecule has 0 aromatic heterocycles. The van der Waals surface area contributed by atoms with Gasteiger partial charge < -0.3 is 31.2 Å². The number of para-hydroxylation sites is 1. The maximum absolute atomic E-state index is 12.8. The van der Waals surface area contributed by atoms with Crippen LogP contribution in [0.3, 0.4) is 0 Å². The Kier molecular flexibility index (Phi) is 26.3. The second kappa shape index (κ2) is 28.0. The first-order valence-electron chi connectivity index (χ1n) is 15.8. The molecule has 3 atom stereocenters. The summed E-state index contributed by atoms with van der Waals surface area (Å²) in [5, 5.41) is 21.5. The molecule has 0 spiro atoms. The summed E-state index contributed by atoms with van der Waals surface area (Å²) in [6.45, 7) is 16.1. The lowest BCUT2D eigenvalue weighted by Gasteiger charge is -2.18. The van der Waals surface area contributed by atoms with Crippen LogP contribution in [0.1, 0.15) is 59.1 Å². The van der Waals surface area contributed by atoms with Crippen molar-refractivity contribution in [3.05, 3.63) is 102 Å². The van der Waals surface area contributed by atoms with Crippen LogP contribution < -0.4 is 16.4 Å². The van der Waals surface area contributed by atoms with Crippen molar-refractivity contribution < 1.29 is 28.7 Å². The Morgan fingerprint density at radius 2 is 1.51 bits per heavy atom. The molecule has 1 saturated heterocycles. The number of nitrogens with one attached hydrogen (secondary N) is 2. The number of amides is 2. The molecule has 3 aromatic carbocycles. The van der Waals surface area contributed by atoms with E-state index in [1.807, 2.05) is 74.4 Å². The summed E-state index contributed by atoms with van der Waals surface area (Å²) in [7, 11) is 0. The number of benzene rings is 3. The number of anilines is 1. The zero-order valence-corrected chi connectivity index (χ0v) is 29.6. The molecule has 0 aliphatic carbocycles. The highest BCUT2D eigenvalue weighted by molar-refractivity contribution is 5.80. The third-order valence-corrected chi connectivity index (χ3v) is 6.07. The quantitative estimate of drug-likeness (QED) is 0.169. The molecular formula is C38H54FN5O5. The lowest BCUT2D eigenvalue weighted by Crippen LogP contribution is -2.40. The average Bonchev–Trinajstić information content (AvgIpc) is 3.46. The van der Waals surface area contributed by atoms with Crippen molar-refractivity contribution in [2.24, 2.45) is 11.3 Å². The third-order valence-electron chi connectivity index (χ3n) is 6.07. The van der Waals surface area contributed by atoms with E-state index in [-0.39, 0.29) is 30.8 Å². The largest absolute Gasteiger partial charge is 0.483 e. The SMILES string of the molecule is C=O.CC(C)(C)C.CC(Cc1ccc(F)cc1)NCc1ccccc1.CC1CC(C#N)N(C(=O)CNC=O)C1.Nc1ccccc1.O=CO. The predicted octanol–water partition coefficient (Wildman–Crippen LogP) is 5.88. The topological polar surface area (TPSA) is 166 Å². The lowest BCUT2D eigenvalue weighted by molar-refractivity contribution is -0.131. The van der Waals surface area contributed by atoms with Gasteiger partial charge in [-0.2, -0.15) is 5.26 Å². The smallest absolute Gasteiger partial charge is 0.290 e. The number of hydrogen-bond acceptors (Lipinski definition) is 7. The number of nitrogen functional groups attached to an aromatic ring is 1. The number of nitrogens with zero attached hydrogens (tertiary/aromatic N) is 2. The van der Waals surface area contributed by atoms with Crippen molar-refractivity contribution in [1.82, 2.24) is 15.5 Å². The maximum Gasteiger partial charge on any atom is 0.290 e. The first-order chi connectivity index (χ1) is 23.2. The van der Waals surface area contributed by atoms with E-state index in [1.165, 1.54) is 22.6 Å². The van der Waals surface area contributed by atoms with E-state index >= 15 is 0 Å². The van der Waals surface area contributed by atoms with Crippen molar-refractivity contribution >= 4 is 31.3 Å². The first kappa shape index (κ1) is 46.0. The van der Waals surface area contributed by atoms with Crippen molar-refractivity contribution in [2.45, 2.75) is 73.0 Å². The Labute approximate surface area is 291 Å². The molecule has 49 heavy (non-hydrogen) atoms. The van der Waals surface area contributed by atoms with E-state index in [2.05, 4.69) is 63.5 Å². The molecule has 1 aliphatic heterocycles. The second-order valence-corrected chi connectivity index (χ2v) is 12.6. The molecule has 3 unspecified atom stereocenters. The van der Waals surface area contributed by atoms with Crippen molar-refractivity contribution in [1.29, 1.82) is 5.26 Å². The number of carbonyl (C=O) groups excluding carboxylic acids is 3. The summed E-state index contributed by atoms with van der Waals surface area (Å²) in [4.78, 5) is 39.4. The Balaban J connectivity index is 0. The minimum atomic E-state index is -0.328. The fraction of sp³-hybridized carbons (Fsp3) is 0.395. The fourth-order valence-electron chi connectivity index (χ4n) is 4.06. The van der Waals surface area contributed by atoms with Gasteiger partial charge in [-0.05, 0) is 66.5 Å². The summed E-state index contributed by atoms with van der Waals surface area (Å²) in [5.74, 6) is -0.00326. The van der Waals surface area contributed by atoms with Gasteiger partial charge in [0.15, 0.2) is 0 Å². The van der Waals surface area contributed by atoms with Gasteiger partial charge >= 0.3 is 0 Å². The fourth-order valence-corrected chi connectivity index (χ4v) is 4.06. The van der Waals surface area contributed by atoms with Crippen molar-refractivity contribution in [3.63, 3.8) is 0 Å². The number of carboxylic acid groups (broad SMARTS) is 1. The standard InChI is InChI=1S/C16H18FN.C9H13N3O2.C6H7N.C5H12.CH2O2.CH2O/c1-13(11-14-7-9-16(17)10-8-14)18-12-15-5-3-2-4-6-15;1-7-2-8(3-10)12(5-7)9(14)4-11-6-13;7-6-4-2-1-3-5-6;1-5(2,3)4;2-1-3;1-2/h2-10,13,18H,11-12H2,1H3;6-8H,2,4-5H2,1H3,(H,11,13);1-5H,7H2;1-4H3;1H,(H,2,3);1H2. The Morgan fingerprint density at radius 1 is 1.02 bits per heavy atom. The molecule has 10 nitrogen and oxygen atoms in total. The number of halogens is 1. The van der Waals surface area contributed by atoms with E-state index in [1.54, 1.807) is 0 Å². The Morgan fingerprint density at radius 3 is 1.94 bits per heavy atom. The van der Waals surface area contributed by atoms with E-state index < -0.39 is 0 Å². The molecule has 5 N–H and O–H groups in total. The minimum Gasteiger partial charge on any atom is -0.483 e. The van der Waals surface area contributed by atoms with Gasteiger partial charge in [0.1, 0.15) is 18.6 Å². The van der Waals surface area contributed by atoms with Crippen molar-refractivity contribution in [2.75, 3.05) is 18.8 Å². The zero-order chi connectivity index (χ0) is 37.7. The van der Waals surface area contributed by atoms with Gasteiger partial charge in [0.05, 0.1) is 12.6 Å². The molecule has 268 valence electrons. The highest BCUT2D eigenvalue weighted by Gasteiger charge is 2.32. The summed E-state index contributed by atoms with van der Waals surface area (Å²) < 4.78 is 12.8. The molecule has 4 rings (SSSR count). The summed E-state index contributed by atoms with van der Waals surface area (Å²) in [6, 6.07) is 28.7. The van der Waals surface area contributed by atoms with E-state index in [9.17, 15) is 14.0 Å². The molecule has 0 radical (unpaired) electrons. The lowest BCUT2D eigenvalue weighted by atomic mass is 10.0. The third kappa shape index (κ3) is 26.7. The van der Waals surface area contributed by atoms with Crippen LogP contribution in [0.5, 0.6) is 0 Å². The summed E-state index contributed by atoms with van der Waals surface area (Å²) in [6.07, 6.45) is 2.12. The van der Waals surface area contributed by atoms with Crippen LogP contribution in [0.25, 0.3) is 0 Å². The molecule has 1 heterocycles. The molecule has 11 heteroatoms. The van der Waals surface area contributed by atoms with Gasteiger partial charge in [-0.3, -0.25) is 14.4 Å². The van der Waals surface area contributed by atoms with E-state index in [0.29, 0.717) is 30.3 Å². The first-order valence-corrected chi connectivity index (χ1v) is 15.8. The monoisotopic (exact) mass is 679 g/mol. The van der Waals surface area contributed by atoms with Gasteiger partial charge in [0.25, 0.3) is 6.47 Å². The average molecular weight is 680 g/mol. The van der Waals surface area contributed by atoms with Crippen LogP contribution in [-0.4, -0.2) is 60.8 Å². The number of hydrogen-bond donors (Lipinski definition) is 4. The summed E-state index contributed by atoms with van der Waals surface area (Å²) in [5.41, 5.74) is 9.12. The van der Waals surface area contributed by atoms with E-state index in [4.69, 9.17) is 25.7 Å². The summed E-state index contributed by atoms with van der Waals surface area (Å²) >= 11 is 0. The Hall–Kier alpha value is -5.08. The molecule has 1 fully saturated rings. The van der Waals surface area contributed by atoms with Gasteiger partial charge in [-0.15, -0.1) is 0 Å². The molecule has 3 aromatic rings. The van der Waals surface area contributed by atoms with Crippen LogP contribution in [0.2, 0.25) is 0 Å². The van der Waals surface area contributed by atoms with Gasteiger partial charge in [-0.1, -0.05) is 95.3 Å². The van der Waals surface area contributed by atoms with Crippen LogP contribution in [-0.2, 0) is 32.1 Å². The normalized spacial score (nSPS) is 14.6. The molecule has 1 aliphatic rings. The highest BCUT2D eigenvalue weighted by atomic mass is 19.1. The molecular weight excluding hydrogens is 625 g/mol. The van der Waals surface area contributed by atoms with Crippen LogP contribution >= 0.6 is 0 Å².